The second kappa shape index (κ2) is 4.26. The van der Waals surface area contributed by atoms with Crippen LogP contribution < -0.4 is 0 Å². The minimum Gasteiger partial charge on any atom is -0.481 e. The van der Waals surface area contributed by atoms with Crippen molar-refractivity contribution in [3.8, 4) is 0 Å². The number of pyridine rings is 1. The van der Waals surface area contributed by atoms with E-state index in [1.807, 2.05) is 0 Å². The lowest BCUT2D eigenvalue weighted by molar-refractivity contribution is -0.140. The SMILES string of the molecule is O=C(C1=CCCC1C(=O)O)c1cccnc1. The topological polar surface area (TPSA) is 67.3 Å². The van der Waals surface area contributed by atoms with Gasteiger partial charge in [-0.1, -0.05) is 6.08 Å². The fraction of sp³-hybridized carbons (Fsp3) is 0.250. The van der Waals surface area contributed by atoms with Crippen LogP contribution >= 0.6 is 0 Å². The van der Waals surface area contributed by atoms with E-state index in [2.05, 4.69) is 4.98 Å². The first-order valence-corrected chi connectivity index (χ1v) is 5.07. The van der Waals surface area contributed by atoms with E-state index >= 15 is 0 Å². The minimum absolute atomic E-state index is 0.224. The number of carboxylic acids is 1. The van der Waals surface area contributed by atoms with Crippen LogP contribution in [0.25, 0.3) is 0 Å². The Hall–Kier alpha value is -1.97. The third-order valence-corrected chi connectivity index (χ3v) is 2.68. The van der Waals surface area contributed by atoms with Crippen LogP contribution in [0.1, 0.15) is 23.2 Å². The molecule has 0 saturated carbocycles. The van der Waals surface area contributed by atoms with Gasteiger partial charge in [-0.25, -0.2) is 0 Å². The maximum Gasteiger partial charge on any atom is 0.311 e. The van der Waals surface area contributed by atoms with Crippen molar-refractivity contribution in [2.24, 2.45) is 5.92 Å². The molecule has 0 aromatic carbocycles. The summed E-state index contributed by atoms with van der Waals surface area (Å²) in [6.07, 6.45) is 5.91. The van der Waals surface area contributed by atoms with Gasteiger partial charge in [0.1, 0.15) is 0 Å². The molecule has 1 atom stereocenters. The number of rotatable bonds is 3. The number of carbonyl (C=O) groups is 2. The van der Waals surface area contributed by atoms with Crippen LogP contribution in [0.5, 0.6) is 0 Å². The smallest absolute Gasteiger partial charge is 0.311 e. The predicted octanol–water partition coefficient (Wildman–Crippen LogP) is 1.69. The molecule has 1 aliphatic carbocycles. The summed E-state index contributed by atoms with van der Waals surface area (Å²) in [5.41, 5.74) is 0.836. The maximum absolute atomic E-state index is 12.0. The Morgan fingerprint density at radius 1 is 1.44 bits per heavy atom. The van der Waals surface area contributed by atoms with Crippen LogP contribution in [0.15, 0.2) is 36.2 Å². The summed E-state index contributed by atoms with van der Waals surface area (Å²) in [4.78, 5) is 26.8. The Labute approximate surface area is 92.6 Å². The van der Waals surface area contributed by atoms with Crippen LogP contribution in [0.2, 0.25) is 0 Å². The molecule has 0 amide bonds. The summed E-state index contributed by atoms with van der Waals surface area (Å²) in [6.45, 7) is 0. The second-order valence-corrected chi connectivity index (χ2v) is 3.70. The molecule has 1 aliphatic rings. The molecule has 1 heterocycles. The van der Waals surface area contributed by atoms with E-state index in [0.29, 0.717) is 24.0 Å². The Morgan fingerprint density at radius 2 is 2.25 bits per heavy atom. The number of hydrogen-bond donors (Lipinski definition) is 1. The Morgan fingerprint density at radius 3 is 2.88 bits per heavy atom. The van der Waals surface area contributed by atoms with E-state index in [1.165, 1.54) is 6.20 Å². The lowest BCUT2D eigenvalue weighted by Crippen LogP contribution is -2.18. The highest BCUT2D eigenvalue weighted by atomic mass is 16.4. The van der Waals surface area contributed by atoms with Crippen molar-refractivity contribution in [1.82, 2.24) is 4.98 Å². The summed E-state index contributed by atoms with van der Waals surface area (Å²) in [5.74, 6) is -1.81. The fourth-order valence-electron chi connectivity index (χ4n) is 1.87. The van der Waals surface area contributed by atoms with Crippen LogP contribution in [0.4, 0.5) is 0 Å². The molecule has 0 aliphatic heterocycles. The summed E-state index contributed by atoms with van der Waals surface area (Å²) in [5, 5.41) is 8.97. The lowest BCUT2D eigenvalue weighted by Gasteiger charge is -2.08. The lowest BCUT2D eigenvalue weighted by atomic mass is 9.95. The van der Waals surface area contributed by atoms with Crippen molar-refractivity contribution in [3.63, 3.8) is 0 Å². The predicted molar refractivity (Wildman–Crippen MR) is 57.0 cm³/mol. The number of allylic oxidation sites excluding steroid dienone is 1. The number of aliphatic carboxylic acids is 1. The van der Waals surface area contributed by atoms with Crippen molar-refractivity contribution in [2.75, 3.05) is 0 Å². The molecular weight excluding hydrogens is 206 g/mol. The number of nitrogens with zero attached hydrogens (tertiary/aromatic N) is 1. The van der Waals surface area contributed by atoms with Crippen LogP contribution in [0.3, 0.4) is 0 Å². The Bertz CT molecular complexity index is 451. The zero-order chi connectivity index (χ0) is 11.5. The van der Waals surface area contributed by atoms with Crippen molar-refractivity contribution >= 4 is 11.8 Å². The average molecular weight is 217 g/mol. The van der Waals surface area contributed by atoms with Gasteiger partial charge in [-0.2, -0.15) is 0 Å². The van der Waals surface area contributed by atoms with E-state index < -0.39 is 11.9 Å². The van der Waals surface area contributed by atoms with Gasteiger partial charge in [0, 0.05) is 23.5 Å². The van der Waals surface area contributed by atoms with Crippen molar-refractivity contribution in [2.45, 2.75) is 12.8 Å². The molecule has 1 aromatic heterocycles. The number of Topliss-reactive ketones (excluding diaryl/α,β-unsaturated/α-hetero) is 1. The molecule has 0 radical (unpaired) electrons. The third-order valence-electron chi connectivity index (χ3n) is 2.68. The number of ketones is 1. The molecule has 4 nitrogen and oxygen atoms in total. The molecule has 16 heavy (non-hydrogen) atoms. The van der Waals surface area contributed by atoms with E-state index in [-0.39, 0.29) is 5.78 Å². The van der Waals surface area contributed by atoms with Gasteiger partial charge in [-0.15, -0.1) is 0 Å². The number of aromatic nitrogens is 1. The normalized spacial score (nSPS) is 19.2. The van der Waals surface area contributed by atoms with E-state index in [1.54, 1.807) is 24.4 Å². The van der Waals surface area contributed by atoms with Gasteiger partial charge in [0.2, 0.25) is 0 Å². The summed E-state index contributed by atoms with van der Waals surface area (Å²) in [6, 6.07) is 3.31. The maximum atomic E-state index is 12.0. The highest BCUT2D eigenvalue weighted by Gasteiger charge is 2.30. The first-order chi connectivity index (χ1) is 7.70. The Kier molecular flexibility index (Phi) is 2.81. The zero-order valence-corrected chi connectivity index (χ0v) is 8.59. The van der Waals surface area contributed by atoms with Crippen molar-refractivity contribution < 1.29 is 14.7 Å². The molecule has 0 spiro atoms. The molecule has 1 unspecified atom stereocenters. The molecule has 0 fully saturated rings. The fourth-order valence-corrected chi connectivity index (χ4v) is 1.87. The molecule has 0 saturated heterocycles. The number of carboxylic acid groups (broad SMARTS) is 1. The van der Waals surface area contributed by atoms with Gasteiger partial charge < -0.3 is 5.11 Å². The molecular formula is C12H11NO3. The number of hydrogen-bond acceptors (Lipinski definition) is 3. The van der Waals surface area contributed by atoms with E-state index in [0.717, 1.165) is 0 Å². The van der Waals surface area contributed by atoms with Crippen LogP contribution in [-0.2, 0) is 4.79 Å². The summed E-state index contributed by atoms with van der Waals surface area (Å²) in [7, 11) is 0. The molecule has 1 aromatic rings. The van der Waals surface area contributed by atoms with Crippen molar-refractivity contribution in [1.29, 1.82) is 0 Å². The minimum atomic E-state index is -0.930. The highest BCUT2D eigenvalue weighted by molar-refractivity contribution is 6.11. The standard InChI is InChI=1S/C12H11NO3/c14-11(8-3-2-6-13-7-8)9-4-1-5-10(9)12(15)16/h2-4,6-7,10H,1,5H2,(H,15,16). The van der Waals surface area contributed by atoms with E-state index in [4.69, 9.17) is 5.11 Å². The summed E-state index contributed by atoms with van der Waals surface area (Å²) < 4.78 is 0. The first-order valence-electron chi connectivity index (χ1n) is 5.07. The molecule has 4 heteroatoms. The molecule has 82 valence electrons. The second-order valence-electron chi connectivity index (χ2n) is 3.70. The monoisotopic (exact) mass is 217 g/mol. The van der Waals surface area contributed by atoms with Gasteiger partial charge in [0.05, 0.1) is 5.92 Å². The highest BCUT2D eigenvalue weighted by Crippen LogP contribution is 2.28. The van der Waals surface area contributed by atoms with Gasteiger partial charge in [-0.3, -0.25) is 14.6 Å². The van der Waals surface area contributed by atoms with Gasteiger partial charge >= 0.3 is 5.97 Å². The van der Waals surface area contributed by atoms with Crippen LogP contribution in [-0.4, -0.2) is 21.8 Å². The summed E-state index contributed by atoms with van der Waals surface area (Å²) >= 11 is 0. The largest absolute Gasteiger partial charge is 0.481 e. The molecule has 1 N–H and O–H groups in total. The molecule has 0 bridgehead atoms. The quantitative estimate of drug-likeness (QED) is 0.782. The first kappa shape index (κ1) is 10.5. The zero-order valence-electron chi connectivity index (χ0n) is 8.59. The third kappa shape index (κ3) is 1.86. The molecule has 2 rings (SSSR count). The average Bonchev–Trinajstić information content (AvgIpc) is 2.78. The van der Waals surface area contributed by atoms with Gasteiger partial charge in [0.25, 0.3) is 0 Å². The van der Waals surface area contributed by atoms with Gasteiger partial charge in [-0.05, 0) is 25.0 Å². The van der Waals surface area contributed by atoms with Crippen LogP contribution in [0, 0.1) is 5.92 Å². The van der Waals surface area contributed by atoms with Crippen molar-refractivity contribution in [3.05, 3.63) is 41.7 Å². The van der Waals surface area contributed by atoms with E-state index in [9.17, 15) is 9.59 Å². The van der Waals surface area contributed by atoms with Gasteiger partial charge in [0.15, 0.2) is 5.78 Å². The Balaban J connectivity index is 2.26. The number of carbonyl (C=O) groups excluding carboxylic acids is 1.